The van der Waals surface area contributed by atoms with E-state index in [1.54, 1.807) is 0 Å². The van der Waals surface area contributed by atoms with E-state index in [4.69, 9.17) is 11.6 Å². The predicted octanol–water partition coefficient (Wildman–Crippen LogP) is 3.79. The van der Waals surface area contributed by atoms with Gasteiger partial charge in [-0.15, -0.1) is 0 Å². The zero-order valence-electron chi connectivity index (χ0n) is 12.1. The average Bonchev–Trinajstić information content (AvgIpc) is 2.47. The molecule has 1 aliphatic carbocycles. The number of carbonyl (C=O) groups excluding carboxylic acids is 1. The van der Waals surface area contributed by atoms with Gasteiger partial charge >= 0.3 is 0 Å². The van der Waals surface area contributed by atoms with Crippen molar-refractivity contribution < 1.29 is 4.79 Å². The van der Waals surface area contributed by atoms with Crippen molar-refractivity contribution in [3.63, 3.8) is 0 Å². The number of likely N-dealkylation sites (N-methyl/N-ethyl adjacent to an activating group) is 1. The van der Waals surface area contributed by atoms with Crippen molar-refractivity contribution in [2.75, 3.05) is 25.5 Å². The molecular formula is C16H23ClN2O. The van der Waals surface area contributed by atoms with Gasteiger partial charge in [0, 0.05) is 13.6 Å². The molecule has 1 aliphatic rings. The Labute approximate surface area is 126 Å². The topological polar surface area (TPSA) is 32.3 Å². The normalized spacial score (nSPS) is 15.9. The van der Waals surface area contributed by atoms with Crippen LogP contribution in [0, 0.1) is 5.92 Å². The summed E-state index contributed by atoms with van der Waals surface area (Å²) >= 11 is 6.06. The first-order valence-corrected chi connectivity index (χ1v) is 7.77. The number of benzene rings is 1. The third kappa shape index (κ3) is 4.41. The van der Waals surface area contributed by atoms with E-state index in [2.05, 4.69) is 5.32 Å². The summed E-state index contributed by atoms with van der Waals surface area (Å²) in [4.78, 5) is 14.0. The largest absolute Gasteiger partial charge is 0.375 e. The summed E-state index contributed by atoms with van der Waals surface area (Å²) in [5.74, 6) is 0.800. The number of anilines is 1. The van der Waals surface area contributed by atoms with Crippen molar-refractivity contribution in [3.8, 4) is 0 Å². The highest BCUT2D eigenvalue weighted by Gasteiger charge is 2.18. The van der Waals surface area contributed by atoms with Crippen LogP contribution in [0.3, 0.4) is 0 Å². The van der Waals surface area contributed by atoms with E-state index >= 15 is 0 Å². The molecule has 20 heavy (non-hydrogen) atoms. The van der Waals surface area contributed by atoms with Gasteiger partial charge in [-0.3, -0.25) is 4.79 Å². The highest BCUT2D eigenvalue weighted by atomic mass is 35.5. The predicted molar refractivity (Wildman–Crippen MR) is 84.2 cm³/mol. The lowest BCUT2D eigenvalue weighted by Crippen LogP contribution is -2.36. The van der Waals surface area contributed by atoms with Crippen molar-refractivity contribution >= 4 is 23.2 Å². The third-order valence-electron chi connectivity index (χ3n) is 3.99. The quantitative estimate of drug-likeness (QED) is 0.896. The minimum Gasteiger partial charge on any atom is -0.375 e. The van der Waals surface area contributed by atoms with Crippen LogP contribution in [0.4, 0.5) is 5.69 Å². The summed E-state index contributed by atoms with van der Waals surface area (Å²) < 4.78 is 0. The number of amides is 1. The molecule has 3 nitrogen and oxygen atoms in total. The van der Waals surface area contributed by atoms with Crippen molar-refractivity contribution in [3.05, 3.63) is 29.3 Å². The van der Waals surface area contributed by atoms with Crippen LogP contribution in [0.1, 0.15) is 32.1 Å². The van der Waals surface area contributed by atoms with Crippen molar-refractivity contribution in [1.29, 1.82) is 0 Å². The molecule has 0 atom stereocenters. The van der Waals surface area contributed by atoms with Gasteiger partial charge in [0.25, 0.3) is 0 Å². The first-order chi connectivity index (χ1) is 9.66. The van der Waals surface area contributed by atoms with E-state index in [0.29, 0.717) is 17.5 Å². The first-order valence-electron chi connectivity index (χ1n) is 7.39. The molecule has 1 fully saturated rings. The Balaban J connectivity index is 1.77. The van der Waals surface area contributed by atoms with E-state index in [0.717, 1.165) is 12.2 Å². The number of para-hydroxylation sites is 1. The Morgan fingerprint density at radius 3 is 2.70 bits per heavy atom. The van der Waals surface area contributed by atoms with Crippen LogP contribution >= 0.6 is 11.6 Å². The van der Waals surface area contributed by atoms with Crippen molar-refractivity contribution in [2.45, 2.75) is 32.1 Å². The minimum atomic E-state index is 0.121. The van der Waals surface area contributed by atoms with Crippen molar-refractivity contribution in [2.24, 2.45) is 5.92 Å². The molecule has 2 rings (SSSR count). The summed E-state index contributed by atoms with van der Waals surface area (Å²) in [6.07, 6.45) is 6.49. The smallest absolute Gasteiger partial charge is 0.241 e. The van der Waals surface area contributed by atoms with Crippen LogP contribution in [-0.2, 0) is 4.79 Å². The van der Waals surface area contributed by atoms with Gasteiger partial charge in [0.2, 0.25) is 5.91 Å². The zero-order valence-corrected chi connectivity index (χ0v) is 12.8. The lowest BCUT2D eigenvalue weighted by molar-refractivity contribution is -0.128. The minimum absolute atomic E-state index is 0.121. The number of rotatable bonds is 5. The molecule has 1 saturated carbocycles. The third-order valence-corrected chi connectivity index (χ3v) is 4.32. The second-order valence-corrected chi connectivity index (χ2v) is 6.02. The highest BCUT2D eigenvalue weighted by Crippen LogP contribution is 2.24. The Bertz CT molecular complexity index is 444. The number of hydrogen-bond donors (Lipinski definition) is 1. The summed E-state index contributed by atoms with van der Waals surface area (Å²) in [6, 6.07) is 7.49. The zero-order chi connectivity index (χ0) is 14.4. The number of nitrogens with zero attached hydrogens (tertiary/aromatic N) is 1. The molecule has 4 heteroatoms. The second kappa shape index (κ2) is 7.53. The molecule has 1 aromatic rings. The first kappa shape index (κ1) is 15.2. The molecule has 0 aromatic heterocycles. The Hall–Kier alpha value is -1.22. The van der Waals surface area contributed by atoms with Gasteiger partial charge in [0.15, 0.2) is 0 Å². The van der Waals surface area contributed by atoms with Gasteiger partial charge in [-0.25, -0.2) is 0 Å². The number of halogens is 1. The fourth-order valence-corrected chi connectivity index (χ4v) is 2.97. The van der Waals surface area contributed by atoms with Crippen LogP contribution < -0.4 is 5.32 Å². The van der Waals surface area contributed by atoms with Gasteiger partial charge in [-0.1, -0.05) is 43.0 Å². The van der Waals surface area contributed by atoms with E-state index in [9.17, 15) is 4.79 Å². The maximum atomic E-state index is 12.1. The van der Waals surface area contributed by atoms with Crippen LogP contribution in [0.2, 0.25) is 5.02 Å². The molecule has 0 unspecified atom stereocenters. The molecule has 1 aromatic carbocycles. The lowest BCUT2D eigenvalue weighted by Gasteiger charge is -2.27. The maximum Gasteiger partial charge on any atom is 0.241 e. The molecule has 0 radical (unpaired) electrons. The van der Waals surface area contributed by atoms with Gasteiger partial charge < -0.3 is 10.2 Å². The van der Waals surface area contributed by atoms with Gasteiger partial charge in [0.1, 0.15) is 0 Å². The fraction of sp³-hybridized carbons (Fsp3) is 0.562. The average molecular weight is 295 g/mol. The molecular weight excluding hydrogens is 272 g/mol. The standard InChI is InChI=1S/C16H23ClN2O/c1-19(12-13-7-3-2-4-8-13)16(20)11-18-15-10-6-5-9-14(15)17/h5-6,9-10,13,18H,2-4,7-8,11-12H2,1H3. The Morgan fingerprint density at radius 2 is 2.00 bits per heavy atom. The SMILES string of the molecule is CN(CC1CCCCC1)C(=O)CNc1ccccc1Cl. The summed E-state index contributed by atoms with van der Waals surface area (Å²) in [6.45, 7) is 1.18. The molecule has 1 amide bonds. The van der Waals surface area contributed by atoms with E-state index < -0.39 is 0 Å². The van der Waals surface area contributed by atoms with Crippen LogP contribution in [0.5, 0.6) is 0 Å². The number of carbonyl (C=O) groups is 1. The second-order valence-electron chi connectivity index (χ2n) is 5.61. The summed E-state index contributed by atoms with van der Waals surface area (Å²) in [5, 5.41) is 3.76. The number of hydrogen-bond acceptors (Lipinski definition) is 2. The number of nitrogens with one attached hydrogen (secondary N) is 1. The van der Waals surface area contributed by atoms with Crippen molar-refractivity contribution in [1.82, 2.24) is 4.90 Å². The van der Waals surface area contributed by atoms with Crippen LogP contribution in [0.25, 0.3) is 0 Å². The lowest BCUT2D eigenvalue weighted by atomic mass is 9.89. The van der Waals surface area contributed by atoms with E-state index in [1.807, 2.05) is 36.2 Å². The van der Waals surface area contributed by atoms with Gasteiger partial charge in [-0.05, 0) is 30.9 Å². The van der Waals surface area contributed by atoms with Crippen LogP contribution in [-0.4, -0.2) is 30.9 Å². The van der Waals surface area contributed by atoms with Gasteiger partial charge in [-0.2, -0.15) is 0 Å². The van der Waals surface area contributed by atoms with Gasteiger partial charge in [0.05, 0.1) is 17.3 Å². The summed E-state index contributed by atoms with van der Waals surface area (Å²) in [7, 11) is 1.89. The van der Waals surface area contributed by atoms with E-state index in [1.165, 1.54) is 32.1 Å². The molecule has 0 heterocycles. The maximum absolute atomic E-state index is 12.1. The molecule has 1 N–H and O–H groups in total. The summed E-state index contributed by atoms with van der Waals surface area (Å²) in [5.41, 5.74) is 0.814. The highest BCUT2D eigenvalue weighted by molar-refractivity contribution is 6.33. The van der Waals surface area contributed by atoms with Crippen LogP contribution in [0.15, 0.2) is 24.3 Å². The Kier molecular flexibility index (Phi) is 5.72. The molecule has 0 bridgehead atoms. The molecule has 0 saturated heterocycles. The monoisotopic (exact) mass is 294 g/mol. The molecule has 0 aliphatic heterocycles. The molecule has 110 valence electrons. The fourth-order valence-electron chi connectivity index (χ4n) is 2.77. The Morgan fingerprint density at radius 1 is 1.30 bits per heavy atom. The molecule has 0 spiro atoms. The van der Waals surface area contributed by atoms with E-state index in [-0.39, 0.29) is 5.91 Å².